The van der Waals surface area contributed by atoms with Gasteiger partial charge in [0.05, 0.1) is 22.2 Å². The van der Waals surface area contributed by atoms with Crippen LogP contribution in [0.2, 0.25) is 0 Å². The molecule has 31 heavy (non-hydrogen) atoms. The fraction of sp³-hybridized carbons (Fsp3) is 0.333. The van der Waals surface area contributed by atoms with Gasteiger partial charge in [-0.05, 0) is 49.2 Å². The second-order valence-electron chi connectivity index (χ2n) is 7.56. The van der Waals surface area contributed by atoms with Gasteiger partial charge in [0.1, 0.15) is 5.82 Å². The minimum absolute atomic E-state index is 0.0215. The Morgan fingerprint density at radius 3 is 2.71 bits per heavy atom. The van der Waals surface area contributed by atoms with Gasteiger partial charge in [0.25, 0.3) is 10.0 Å². The molecule has 2 aliphatic heterocycles. The summed E-state index contributed by atoms with van der Waals surface area (Å²) < 4.78 is 41.1. The summed E-state index contributed by atoms with van der Waals surface area (Å²) in [4.78, 5) is 27.6. The van der Waals surface area contributed by atoms with Crippen LogP contribution in [0.3, 0.4) is 0 Å². The van der Waals surface area contributed by atoms with E-state index in [-0.39, 0.29) is 28.8 Å². The normalized spacial score (nSPS) is 18.8. The van der Waals surface area contributed by atoms with E-state index in [0.717, 1.165) is 36.9 Å². The molecule has 4 rings (SSSR count). The van der Waals surface area contributed by atoms with Crippen molar-refractivity contribution in [2.75, 3.05) is 28.9 Å². The van der Waals surface area contributed by atoms with Crippen LogP contribution in [0.4, 0.5) is 15.8 Å². The predicted molar refractivity (Wildman–Crippen MR) is 117 cm³/mol. The van der Waals surface area contributed by atoms with Crippen LogP contribution >= 0.6 is 11.8 Å². The standard InChI is InChI=1S/C21H22FN3O4S2/c22-15-4-3-5-16(11-15)24-31(28,29)17-6-7-19-18(12-17)23-21(27)14(13-30-19)10-20(26)25-8-1-2-9-25/h3-7,11-12,14,24H,1-2,8-10,13H2,(H,23,27)/t14-/m1/s1. The number of carbonyl (C=O) groups excluding carboxylic acids is 2. The molecule has 1 saturated heterocycles. The molecule has 0 unspecified atom stereocenters. The van der Waals surface area contributed by atoms with Gasteiger partial charge in [-0.2, -0.15) is 0 Å². The first-order chi connectivity index (χ1) is 14.8. The summed E-state index contributed by atoms with van der Waals surface area (Å²) in [7, 11) is -3.97. The van der Waals surface area contributed by atoms with E-state index in [1.165, 1.54) is 42.1 Å². The number of fused-ring (bicyclic) bond motifs is 1. The Kier molecular flexibility index (Phi) is 6.19. The number of likely N-dealkylation sites (tertiary alicyclic amines) is 1. The van der Waals surface area contributed by atoms with E-state index < -0.39 is 21.8 Å². The highest BCUT2D eigenvalue weighted by Gasteiger charge is 2.30. The molecule has 1 atom stereocenters. The lowest BCUT2D eigenvalue weighted by Crippen LogP contribution is -2.33. The van der Waals surface area contributed by atoms with Gasteiger partial charge in [-0.1, -0.05) is 6.07 Å². The van der Waals surface area contributed by atoms with Crippen LogP contribution in [0.15, 0.2) is 52.3 Å². The SMILES string of the molecule is O=C1Nc2cc(S(=O)(=O)Nc3cccc(F)c3)ccc2SC[C@H]1CC(=O)N1CCCC1. The van der Waals surface area contributed by atoms with Crippen LogP contribution in [-0.2, 0) is 19.6 Å². The van der Waals surface area contributed by atoms with Crippen LogP contribution in [0, 0.1) is 11.7 Å². The molecule has 2 heterocycles. The Hall–Kier alpha value is -2.59. The van der Waals surface area contributed by atoms with E-state index in [0.29, 0.717) is 11.4 Å². The first-order valence-corrected chi connectivity index (χ1v) is 12.4. The summed E-state index contributed by atoms with van der Waals surface area (Å²) in [5.41, 5.74) is 0.488. The Bertz CT molecular complexity index is 1120. The molecule has 2 aromatic carbocycles. The average molecular weight is 464 g/mol. The van der Waals surface area contributed by atoms with Gasteiger partial charge in [-0.3, -0.25) is 14.3 Å². The summed E-state index contributed by atoms with van der Waals surface area (Å²) in [6.45, 7) is 1.47. The molecule has 1 fully saturated rings. The summed E-state index contributed by atoms with van der Waals surface area (Å²) in [5.74, 6) is -0.930. The van der Waals surface area contributed by atoms with E-state index in [1.807, 2.05) is 0 Å². The van der Waals surface area contributed by atoms with Crippen molar-refractivity contribution in [1.82, 2.24) is 4.90 Å². The molecular weight excluding hydrogens is 441 g/mol. The molecule has 2 N–H and O–H groups in total. The van der Waals surface area contributed by atoms with E-state index in [9.17, 15) is 22.4 Å². The van der Waals surface area contributed by atoms with Gasteiger partial charge in [0.2, 0.25) is 11.8 Å². The second-order valence-corrected chi connectivity index (χ2v) is 10.3. The van der Waals surface area contributed by atoms with Crippen LogP contribution in [-0.4, -0.2) is 44.0 Å². The minimum Gasteiger partial charge on any atom is -0.343 e. The zero-order chi connectivity index (χ0) is 22.0. The van der Waals surface area contributed by atoms with Gasteiger partial charge in [0.15, 0.2) is 0 Å². The van der Waals surface area contributed by atoms with Crippen LogP contribution < -0.4 is 10.0 Å². The van der Waals surface area contributed by atoms with Crippen molar-refractivity contribution < 1.29 is 22.4 Å². The van der Waals surface area contributed by atoms with Gasteiger partial charge in [-0.15, -0.1) is 11.8 Å². The summed E-state index contributed by atoms with van der Waals surface area (Å²) >= 11 is 1.41. The van der Waals surface area contributed by atoms with Gasteiger partial charge < -0.3 is 10.2 Å². The van der Waals surface area contributed by atoms with Gasteiger partial charge in [-0.25, -0.2) is 12.8 Å². The van der Waals surface area contributed by atoms with E-state index in [4.69, 9.17) is 0 Å². The average Bonchev–Trinajstić information content (AvgIpc) is 3.21. The number of thioether (sulfide) groups is 1. The van der Waals surface area contributed by atoms with E-state index in [2.05, 4.69) is 10.0 Å². The van der Waals surface area contributed by atoms with Crippen molar-refractivity contribution in [2.24, 2.45) is 5.92 Å². The predicted octanol–water partition coefficient (Wildman–Crippen LogP) is 3.30. The lowest BCUT2D eigenvalue weighted by atomic mass is 10.1. The van der Waals surface area contributed by atoms with Crippen LogP contribution in [0.1, 0.15) is 19.3 Å². The molecule has 0 spiro atoms. The van der Waals surface area contributed by atoms with Gasteiger partial charge in [0, 0.05) is 30.2 Å². The summed E-state index contributed by atoms with van der Waals surface area (Å²) in [6.07, 6.45) is 2.12. The molecule has 0 bridgehead atoms. The molecular formula is C21H22FN3O4S2. The number of nitrogens with one attached hydrogen (secondary N) is 2. The van der Waals surface area contributed by atoms with Crippen molar-refractivity contribution in [3.8, 4) is 0 Å². The number of carbonyl (C=O) groups is 2. The minimum atomic E-state index is -3.97. The van der Waals surface area contributed by atoms with Crippen LogP contribution in [0.25, 0.3) is 0 Å². The third-order valence-corrected chi connectivity index (χ3v) is 7.90. The number of benzene rings is 2. The molecule has 164 valence electrons. The molecule has 0 aromatic heterocycles. The highest BCUT2D eigenvalue weighted by Crippen LogP contribution is 2.35. The number of sulfonamides is 1. The topological polar surface area (TPSA) is 95.6 Å². The lowest BCUT2D eigenvalue weighted by molar-refractivity contribution is -0.133. The molecule has 0 saturated carbocycles. The number of anilines is 2. The molecule has 0 aliphatic carbocycles. The number of rotatable bonds is 5. The number of hydrogen-bond donors (Lipinski definition) is 2. The van der Waals surface area contributed by atoms with E-state index in [1.54, 1.807) is 11.0 Å². The third kappa shape index (κ3) is 5.01. The Morgan fingerprint density at radius 2 is 1.97 bits per heavy atom. The number of nitrogens with zero attached hydrogens (tertiary/aromatic N) is 1. The van der Waals surface area contributed by atoms with Crippen molar-refractivity contribution in [2.45, 2.75) is 29.1 Å². The number of hydrogen-bond acceptors (Lipinski definition) is 5. The fourth-order valence-corrected chi connectivity index (χ4v) is 5.78. The van der Waals surface area contributed by atoms with Crippen molar-refractivity contribution >= 4 is 45.0 Å². The molecule has 2 amide bonds. The number of halogens is 1. The maximum absolute atomic E-state index is 13.4. The van der Waals surface area contributed by atoms with Crippen molar-refractivity contribution in [3.05, 3.63) is 48.3 Å². The molecule has 2 aliphatic rings. The quantitative estimate of drug-likeness (QED) is 0.710. The molecule has 7 nitrogen and oxygen atoms in total. The first-order valence-electron chi connectivity index (χ1n) is 9.96. The third-order valence-electron chi connectivity index (χ3n) is 5.29. The van der Waals surface area contributed by atoms with Crippen molar-refractivity contribution in [3.63, 3.8) is 0 Å². The maximum atomic E-state index is 13.4. The Morgan fingerprint density at radius 1 is 1.19 bits per heavy atom. The second kappa shape index (κ2) is 8.88. The van der Waals surface area contributed by atoms with Crippen LogP contribution in [0.5, 0.6) is 0 Å². The number of amides is 2. The van der Waals surface area contributed by atoms with Gasteiger partial charge >= 0.3 is 0 Å². The Balaban J connectivity index is 1.49. The zero-order valence-electron chi connectivity index (χ0n) is 16.6. The fourth-order valence-electron chi connectivity index (χ4n) is 3.62. The monoisotopic (exact) mass is 463 g/mol. The largest absolute Gasteiger partial charge is 0.343 e. The molecule has 10 heteroatoms. The highest BCUT2D eigenvalue weighted by molar-refractivity contribution is 7.99. The maximum Gasteiger partial charge on any atom is 0.261 e. The Labute approximate surface area is 184 Å². The van der Waals surface area contributed by atoms with E-state index >= 15 is 0 Å². The summed E-state index contributed by atoms with van der Waals surface area (Å²) in [6, 6.07) is 9.61. The zero-order valence-corrected chi connectivity index (χ0v) is 18.3. The summed E-state index contributed by atoms with van der Waals surface area (Å²) in [5, 5.41) is 2.77. The molecule has 2 aromatic rings. The lowest BCUT2D eigenvalue weighted by Gasteiger charge is -2.18. The highest BCUT2D eigenvalue weighted by atomic mass is 32.2. The first kappa shape index (κ1) is 21.6. The smallest absolute Gasteiger partial charge is 0.261 e. The molecule has 0 radical (unpaired) electrons. The van der Waals surface area contributed by atoms with Crippen molar-refractivity contribution in [1.29, 1.82) is 0 Å².